The molecule has 0 spiro atoms. The molecule has 0 radical (unpaired) electrons. The number of halogens is 1. The van der Waals surface area contributed by atoms with Crippen LogP contribution in [0.5, 0.6) is 0 Å². The van der Waals surface area contributed by atoms with Gasteiger partial charge in [-0.25, -0.2) is 8.42 Å². The molecule has 1 amide bonds. The predicted octanol–water partition coefficient (Wildman–Crippen LogP) is 4.65. The number of nitrogens with one attached hydrogen (secondary N) is 1. The van der Waals surface area contributed by atoms with Gasteiger partial charge in [0.1, 0.15) is 4.90 Å². The molecule has 5 rings (SSSR count). The Kier molecular flexibility index (Phi) is 5.25. The van der Waals surface area contributed by atoms with Crippen LogP contribution in [0.2, 0.25) is 5.02 Å². The molecule has 5 nitrogen and oxygen atoms in total. The quantitative estimate of drug-likeness (QED) is 0.709. The van der Waals surface area contributed by atoms with Gasteiger partial charge in [0.2, 0.25) is 0 Å². The number of hydrogen-bond donors (Lipinski definition) is 1. The van der Waals surface area contributed by atoms with Crippen molar-refractivity contribution in [3.05, 3.63) is 58.6 Å². The summed E-state index contributed by atoms with van der Waals surface area (Å²) in [6.07, 6.45) is 5.70. The van der Waals surface area contributed by atoms with Crippen LogP contribution in [0.1, 0.15) is 48.5 Å². The summed E-state index contributed by atoms with van der Waals surface area (Å²) in [5, 5.41) is 3.24. The molecule has 2 bridgehead atoms. The van der Waals surface area contributed by atoms with Gasteiger partial charge in [0.25, 0.3) is 15.9 Å². The molecule has 0 unspecified atom stereocenters. The van der Waals surface area contributed by atoms with Crippen molar-refractivity contribution >= 4 is 33.2 Å². The fourth-order valence-corrected chi connectivity index (χ4v) is 7.83. The topological polar surface area (TPSA) is 66.5 Å². The number of carbonyl (C=O) groups excluding carboxylic acids is 1. The van der Waals surface area contributed by atoms with E-state index in [0.29, 0.717) is 36.1 Å². The lowest BCUT2D eigenvalue weighted by atomic mass is 9.84. The van der Waals surface area contributed by atoms with E-state index >= 15 is 0 Å². The molecule has 3 aliphatic rings. The Morgan fingerprint density at radius 1 is 1.16 bits per heavy atom. The first-order valence-corrected chi connectivity index (χ1v) is 12.9. The maximum atomic E-state index is 13.4. The van der Waals surface area contributed by atoms with Gasteiger partial charge in [0, 0.05) is 18.2 Å². The summed E-state index contributed by atoms with van der Waals surface area (Å²) in [6, 6.07) is 12.1. The molecular weight excluding hydrogens is 432 g/mol. The average Bonchev–Trinajstić information content (AvgIpc) is 3.49. The van der Waals surface area contributed by atoms with E-state index in [9.17, 15) is 13.2 Å². The van der Waals surface area contributed by atoms with Crippen molar-refractivity contribution in [1.29, 1.82) is 0 Å². The summed E-state index contributed by atoms with van der Waals surface area (Å²) in [6.45, 7) is 2.44. The predicted molar refractivity (Wildman–Crippen MR) is 122 cm³/mol. The summed E-state index contributed by atoms with van der Waals surface area (Å²) in [4.78, 5) is 12.9. The van der Waals surface area contributed by atoms with Crippen LogP contribution in [-0.2, 0) is 16.4 Å². The van der Waals surface area contributed by atoms with Crippen molar-refractivity contribution < 1.29 is 13.2 Å². The number of anilines is 1. The fraction of sp³-hybridized carbons (Fsp3) is 0.458. The molecule has 7 heteroatoms. The van der Waals surface area contributed by atoms with Crippen LogP contribution in [0.3, 0.4) is 0 Å². The molecule has 2 fully saturated rings. The highest BCUT2D eigenvalue weighted by Gasteiger charge is 2.42. The molecule has 1 heterocycles. The zero-order valence-electron chi connectivity index (χ0n) is 17.6. The first-order chi connectivity index (χ1) is 14.8. The molecule has 164 valence electrons. The van der Waals surface area contributed by atoms with E-state index < -0.39 is 10.0 Å². The smallest absolute Gasteiger partial charge is 0.265 e. The zero-order valence-corrected chi connectivity index (χ0v) is 19.1. The number of carbonyl (C=O) groups is 1. The Labute approximate surface area is 188 Å². The lowest BCUT2D eigenvalue weighted by Crippen LogP contribution is -2.40. The SMILES string of the molecule is C[C@H](NC(=O)c1ccc(Cl)c(S(=O)(=O)N2CCc3ccccc32)c1)[C@@H]1C[C@@H]2CC[C@H]1C2. The number of hydrogen-bond acceptors (Lipinski definition) is 3. The zero-order chi connectivity index (χ0) is 21.8. The van der Waals surface area contributed by atoms with Crippen molar-refractivity contribution in [2.75, 3.05) is 10.8 Å². The Morgan fingerprint density at radius 3 is 2.71 bits per heavy atom. The summed E-state index contributed by atoms with van der Waals surface area (Å²) < 4.78 is 28.2. The van der Waals surface area contributed by atoms with Crippen molar-refractivity contribution in [2.24, 2.45) is 17.8 Å². The number of para-hydroxylation sites is 1. The van der Waals surface area contributed by atoms with Crippen LogP contribution >= 0.6 is 11.6 Å². The van der Waals surface area contributed by atoms with Crippen LogP contribution in [0.4, 0.5) is 5.69 Å². The summed E-state index contributed by atoms with van der Waals surface area (Å²) in [5.74, 6) is 1.78. The number of nitrogens with zero attached hydrogens (tertiary/aromatic N) is 1. The standard InChI is InChI=1S/C24H27ClN2O3S/c1-15(20-13-16-6-7-18(20)12-16)26-24(28)19-8-9-21(25)23(14-19)31(29,30)27-11-10-17-4-2-3-5-22(17)27/h2-5,8-9,14-16,18,20H,6-7,10-13H2,1H3,(H,26,28)/t15-,16+,18-,20-/m0/s1. The summed E-state index contributed by atoms with van der Waals surface area (Å²) in [7, 11) is -3.87. The lowest BCUT2D eigenvalue weighted by molar-refractivity contribution is 0.0915. The second kappa shape index (κ2) is 7.82. The van der Waals surface area contributed by atoms with Gasteiger partial charge in [-0.2, -0.15) is 0 Å². The number of rotatable bonds is 5. The van der Waals surface area contributed by atoms with Crippen LogP contribution in [0.25, 0.3) is 0 Å². The minimum atomic E-state index is -3.87. The van der Waals surface area contributed by atoms with E-state index in [1.807, 2.05) is 18.2 Å². The van der Waals surface area contributed by atoms with E-state index in [-0.39, 0.29) is 21.9 Å². The molecule has 2 aromatic carbocycles. The molecule has 31 heavy (non-hydrogen) atoms. The molecule has 0 saturated heterocycles. The number of fused-ring (bicyclic) bond motifs is 3. The minimum Gasteiger partial charge on any atom is -0.349 e. The first-order valence-electron chi connectivity index (χ1n) is 11.1. The van der Waals surface area contributed by atoms with Gasteiger partial charge in [0.05, 0.1) is 10.7 Å². The monoisotopic (exact) mass is 458 g/mol. The van der Waals surface area contributed by atoms with Gasteiger partial charge in [-0.3, -0.25) is 9.10 Å². The summed E-state index contributed by atoms with van der Waals surface area (Å²) >= 11 is 6.31. The molecular formula is C24H27ClN2O3S. The van der Waals surface area contributed by atoms with Crippen molar-refractivity contribution in [3.8, 4) is 0 Å². The highest BCUT2D eigenvalue weighted by atomic mass is 35.5. The minimum absolute atomic E-state index is 0.0221. The van der Waals surface area contributed by atoms with E-state index in [1.54, 1.807) is 12.1 Å². The summed E-state index contributed by atoms with van der Waals surface area (Å²) in [5.41, 5.74) is 2.00. The van der Waals surface area contributed by atoms with Gasteiger partial charge in [-0.1, -0.05) is 36.2 Å². The highest BCUT2D eigenvalue weighted by Crippen LogP contribution is 2.49. The molecule has 4 atom stereocenters. The lowest BCUT2D eigenvalue weighted by Gasteiger charge is -2.28. The third kappa shape index (κ3) is 3.64. The maximum Gasteiger partial charge on any atom is 0.265 e. The van der Waals surface area contributed by atoms with Gasteiger partial charge >= 0.3 is 0 Å². The second-order valence-electron chi connectivity index (χ2n) is 9.20. The van der Waals surface area contributed by atoms with Gasteiger partial charge in [0.15, 0.2) is 0 Å². The van der Waals surface area contributed by atoms with Gasteiger partial charge in [-0.15, -0.1) is 0 Å². The Morgan fingerprint density at radius 2 is 1.97 bits per heavy atom. The Hall–Kier alpha value is -2.05. The van der Waals surface area contributed by atoms with Crippen molar-refractivity contribution in [1.82, 2.24) is 5.32 Å². The Balaban J connectivity index is 1.38. The number of amides is 1. The molecule has 2 saturated carbocycles. The third-order valence-corrected chi connectivity index (χ3v) is 9.69. The van der Waals surface area contributed by atoms with Gasteiger partial charge in [-0.05, 0) is 80.2 Å². The number of sulfonamides is 1. The average molecular weight is 459 g/mol. The highest BCUT2D eigenvalue weighted by molar-refractivity contribution is 7.93. The van der Waals surface area contributed by atoms with Crippen LogP contribution in [0.15, 0.2) is 47.4 Å². The van der Waals surface area contributed by atoms with Crippen LogP contribution in [-0.4, -0.2) is 26.9 Å². The fourth-order valence-electron chi connectivity index (χ4n) is 5.82. The van der Waals surface area contributed by atoms with E-state index in [0.717, 1.165) is 11.5 Å². The van der Waals surface area contributed by atoms with E-state index in [1.165, 1.54) is 42.1 Å². The van der Waals surface area contributed by atoms with Gasteiger partial charge < -0.3 is 5.32 Å². The maximum absolute atomic E-state index is 13.4. The Bertz CT molecular complexity index is 1130. The normalized spacial score (nSPS) is 25.5. The van der Waals surface area contributed by atoms with Crippen molar-refractivity contribution in [3.63, 3.8) is 0 Å². The van der Waals surface area contributed by atoms with Crippen LogP contribution in [0, 0.1) is 17.8 Å². The molecule has 1 aliphatic heterocycles. The molecule has 0 aromatic heterocycles. The molecule has 1 N–H and O–H groups in total. The van der Waals surface area contributed by atoms with Crippen LogP contribution < -0.4 is 9.62 Å². The molecule has 2 aliphatic carbocycles. The molecule has 2 aromatic rings. The van der Waals surface area contributed by atoms with E-state index in [4.69, 9.17) is 11.6 Å². The second-order valence-corrected chi connectivity index (χ2v) is 11.4. The van der Waals surface area contributed by atoms with Crippen molar-refractivity contribution in [2.45, 2.75) is 50.0 Å². The number of benzene rings is 2. The first kappa shape index (κ1) is 20.8. The van der Waals surface area contributed by atoms with E-state index in [2.05, 4.69) is 12.2 Å². The largest absolute Gasteiger partial charge is 0.349 e. The third-order valence-electron chi connectivity index (χ3n) is 7.40.